The third-order valence-corrected chi connectivity index (χ3v) is 5.60. The summed E-state index contributed by atoms with van der Waals surface area (Å²) < 4.78 is 0.941. The standard InChI is InChI=1S/C23H22BrN3O/c1-2-15-5-7-16(8-6-15)20-13-21(19-12-18(24)9-10-22(19)28)27-23(26-20)17-4-3-11-25-14-17/h3-12,14,21,23,27-28H,2,13H2,1H3/t21-,23+/m0/s1. The minimum atomic E-state index is -0.216. The van der Waals surface area contributed by atoms with Gasteiger partial charge in [0.05, 0.1) is 0 Å². The van der Waals surface area contributed by atoms with Gasteiger partial charge in [0.2, 0.25) is 0 Å². The summed E-state index contributed by atoms with van der Waals surface area (Å²) in [5, 5.41) is 14.0. The number of pyridine rings is 1. The van der Waals surface area contributed by atoms with Gasteiger partial charge in [-0.15, -0.1) is 0 Å². The van der Waals surface area contributed by atoms with E-state index in [4.69, 9.17) is 4.99 Å². The molecule has 0 saturated heterocycles. The van der Waals surface area contributed by atoms with Gasteiger partial charge in [0.15, 0.2) is 0 Å². The van der Waals surface area contributed by atoms with Gasteiger partial charge in [-0.25, -0.2) is 0 Å². The summed E-state index contributed by atoms with van der Waals surface area (Å²) in [6.07, 6.45) is 5.10. The summed E-state index contributed by atoms with van der Waals surface area (Å²) in [5.74, 6) is 0.285. The van der Waals surface area contributed by atoms with Crippen LogP contribution in [0.25, 0.3) is 0 Å². The number of nitrogens with one attached hydrogen (secondary N) is 1. The van der Waals surface area contributed by atoms with Crippen molar-refractivity contribution in [3.05, 3.63) is 93.7 Å². The lowest BCUT2D eigenvalue weighted by Crippen LogP contribution is -2.33. The molecule has 2 aromatic carbocycles. The summed E-state index contributed by atoms with van der Waals surface area (Å²) in [6.45, 7) is 2.15. The number of aromatic nitrogens is 1. The van der Waals surface area contributed by atoms with Crippen molar-refractivity contribution in [3.8, 4) is 5.75 Å². The molecule has 0 radical (unpaired) electrons. The lowest BCUT2D eigenvalue weighted by molar-refractivity contribution is 0.412. The van der Waals surface area contributed by atoms with Crippen molar-refractivity contribution < 1.29 is 5.11 Å². The number of aryl methyl sites for hydroxylation is 1. The first-order chi connectivity index (χ1) is 13.6. The van der Waals surface area contributed by atoms with E-state index in [1.54, 1.807) is 12.3 Å². The second-order valence-electron chi connectivity index (χ2n) is 6.94. The Labute approximate surface area is 173 Å². The second kappa shape index (κ2) is 8.25. The number of phenolic OH excluding ortho intramolecular Hbond substituents is 1. The van der Waals surface area contributed by atoms with Crippen LogP contribution in [0, 0.1) is 0 Å². The highest BCUT2D eigenvalue weighted by Crippen LogP contribution is 2.35. The number of hydrogen-bond donors (Lipinski definition) is 2. The predicted molar refractivity (Wildman–Crippen MR) is 116 cm³/mol. The Morgan fingerprint density at radius 3 is 2.68 bits per heavy atom. The van der Waals surface area contributed by atoms with Crippen LogP contribution >= 0.6 is 15.9 Å². The molecular formula is C23H22BrN3O. The van der Waals surface area contributed by atoms with Crippen LogP contribution in [0.3, 0.4) is 0 Å². The highest BCUT2D eigenvalue weighted by atomic mass is 79.9. The monoisotopic (exact) mass is 435 g/mol. The van der Waals surface area contributed by atoms with Crippen molar-refractivity contribution in [1.82, 2.24) is 10.3 Å². The Bertz CT molecular complexity index is 986. The number of nitrogens with zero attached hydrogens (tertiary/aromatic N) is 2. The van der Waals surface area contributed by atoms with Gasteiger partial charge in [-0.05, 0) is 41.8 Å². The molecule has 0 fully saturated rings. The number of hydrogen-bond acceptors (Lipinski definition) is 4. The van der Waals surface area contributed by atoms with Crippen molar-refractivity contribution in [2.24, 2.45) is 4.99 Å². The van der Waals surface area contributed by atoms with Crippen molar-refractivity contribution in [1.29, 1.82) is 0 Å². The fourth-order valence-electron chi connectivity index (χ4n) is 3.53. The fraction of sp³-hybridized carbons (Fsp3) is 0.217. The Morgan fingerprint density at radius 2 is 1.96 bits per heavy atom. The summed E-state index contributed by atoms with van der Waals surface area (Å²) in [5.41, 5.74) is 5.32. The lowest BCUT2D eigenvalue weighted by atomic mass is 9.93. The SMILES string of the molecule is CCc1ccc(C2=N[C@@H](c3cccnc3)N[C@H](c3cc(Br)ccc3O)C2)cc1. The molecule has 0 spiro atoms. The van der Waals surface area contributed by atoms with E-state index in [9.17, 15) is 5.11 Å². The van der Waals surface area contributed by atoms with E-state index in [-0.39, 0.29) is 18.0 Å². The molecule has 1 aliphatic rings. The van der Waals surface area contributed by atoms with Gasteiger partial charge < -0.3 is 5.11 Å². The van der Waals surface area contributed by atoms with Gasteiger partial charge in [-0.2, -0.15) is 0 Å². The molecule has 28 heavy (non-hydrogen) atoms. The Hall–Kier alpha value is -2.50. The lowest BCUT2D eigenvalue weighted by Gasteiger charge is -2.31. The van der Waals surface area contributed by atoms with Gasteiger partial charge in [0, 0.05) is 46.2 Å². The van der Waals surface area contributed by atoms with Gasteiger partial charge in [-0.3, -0.25) is 15.3 Å². The van der Waals surface area contributed by atoms with Crippen LogP contribution in [0.5, 0.6) is 5.75 Å². The van der Waals surface area contributed by atoms with Crippen LogP contribution < -0.4 is 5.32 Å². The molecule has 2 N–H and O–H groups in total. The van der Waals surface area contributed by atoms with Crippen LogP contribution in [-0.2, 0) is 6.42 Å². The summed E-state index contributed by atoms with van der Waals surface area (Å²) in [6, 6.07) is 18.0. The van der Waals surface area contributed by atoms with E-state index in [1.165, 1.54) is 5.56 Å². The van der Waals surface area contributed by atoms with E-state index in [2.05, 4.69) is 57.4 Å². The third kappa shape index (κ3) is 4.01. The molecule has 1 aliphatic heterocycles. The van der Waals surface area contributed by atoms with E-state index in [0.29, 0.717) is 6.42 Å². The number of phenols is 1. The predicted octanol–water partition coefficient (Wildman–Crippen LogP) is 5.33. The minimum Gasteiger partial charge on any atom is -0.508 e. The molecule has 0 bridgehead atoms. The Kier molecular flexibility index (Phi) is 5.55. The van der Waals surface area contributed by atoms with Crippen molar-refractivity contribution >= 4 is 21.6 Å². The van der Waals surface area contributed by atoms with E-state index < -0.39 is 0 Å². The van der Waals surface area contributed by atoms with E-state index in [1.807, 2.05) is 30.5 Å². The number of aliphatic imine (C=N–C) groups is 1. The van der Waals surface area contributed by atoms with Gasteiger partial charge >= 0.3 is 0 Å². The van der Waals surface area contributed by atoms with Crippen LogP contribution in [0.4, 0.5) is 0 Å². The second-order valence-corrected chi connectivity index (χ2v) is 7.86. The first-order valence-electron chi connectivity index (χ1n) is 9.44. The molecule has 1 aromatic heterocycles. The van der Waals surface area contributed by atoms with E-state index >= 15 is 0 Å². The highest BCUT2D eigenvalue weighted by molar-refractivity contribution is 9.10. The molecule has 4 nitrogen and oxygen atoms in total. The number of aromatic hydroxyl groups is 1. The molecular weight excluding hydrogens is 414 g/mol. The van der Waals surface area contributed by atoms with Crippen LogP contribution in [0.1, 0.15) is 47.8 Å². The van der Waals surface area contributed by atoms with Crippen molar-refractivity contribution in [3.63, 3.8) is 0 Å². The van der Waals surface area contributed by atoms with Gasteiger partial charge in [0.1, 0.15) is 11.9 Å². The zero-order valence-corrected chi connectivity index (χ0v) is 17.2. The Balaban J connectivity index is 1.74. The van der Waals surface area contributed by atoms with Gasteiger partial charge in [0.25, 0.3) is 0 Å². The van der Waals surface area contributed by atoms with Gasteiger partial charge in [-0.1, -0.05) is 53.2 Å². The number of rotatable bonds is 4. The van der Waals surface area contributed by atoms with E-state index in [0.717, 1.165) is 33.3 Å². The molecule has 0 saturated carbocycles. The van der Waals surface area contributed by atoms with Crippen LogP contribution in [0.15, 0.2) is 76.5 Å². The van der Waals surface area contributed by atoms with Crippen molar-refractivity contribution in [2.75, 3.05) is 0 Å². The largest absolute Gasteiger partial charge is 0.508 e. The topological polar surface area (TPSA) is 57.5 Å². The van der Waals surface area contributed by atoms with Crippen LogP contribution in [-0.4, -0.2) is 15.8 Å². The molecule has 2 heterocycles. The summed E-state index contributed by atoms with van der Waals surface area (Å²) >= 11 is 3.52. The van der Waals surface area contributed by atoms with Crippen molar-refractivity contribution in [2.45, 2.75) is 32.0 Å². The maximum atomic E-state index is 10.5. The smallest absolute Gasteiger partial charge is 0.127 e. The zero-order chi connectivity index (χ0) is 19.5. The molecule has 5 heteroatoms. The highest BCUT2D eigenvalue weighted by Gasteiger charge is 2.27. The minimum absolute atomic E-state index is 0.0546. The summed E-state index contributed by atoms with van der Waals surface area (Å²) in [4.78, 5) is 9.22. The normalized spacial score (nSPS) is 19.3. The third-order valence-electron chi connectivity index (χ3n) is 5.10. The summed E-state index contributed by atoms with van der Waals surface area (Å²) in [7, 11) is 0. The average molecular weight is 436 g/mol. The first kappa shape index (κ1) is 18.8. The molecule has 4 rings (SSSR count). The molecule has 2 atom stereocenters. The van der Waals surface area contributed by atoms with Crippen LogP contribution in [0.2, 0.25) is 0 Å². The fourth-order valence-corrected chi connectivity index (χ4v) is 3.91. The number of halogens is 1. The molecule has 142 valence electrons. The zero-order valence-electron chi connectivity index (χ0n) is 15.6. The maximum absolute atomic E-state index is 10.5. The maximum Gasteiger partial charge on any atom is 0.127 e. The Morgan fingerprint density at radius 1 is 1.14 bits per heavy atom. The molecule has 0 unspecified atom stereocenters. The first-order valence-corrected chi connectivity index (χ1v) is 10.2. The molecule has 0 amide bonds. The number of benzene rings is 2. The molecule has 3 aromatic rings. The molecule has 0 aliphatic carbocycles. The average Bonchev–Trinajstić information content (AvgIpc) is 2.76. The quantitative estimate of drug-likeness (QED) is 0.581.